The van der Waals surface area contributed by atoms with E-state index in [9.17, 15) is 4.79 Å². The van der Waals surface area contributed by atoms with E-state index in [1.165, 1.54) is 0 Å². The Kier molecular flexibility index (Phi) is 4.83. The maximum Gasteiger partial charge on any atom is 0.258 e. The Labute approximate surface area is 135 Å². The average molecular weight is 308 g/mol. The second-order valence-electron chi connectivity index (χ2n) is 5.70. The van der Waals surface area contributed by atoms with Gasteiger partial charge < -0.3 is 9.72 Å². The number of nitrogens with one attached hydrogen (secondary N) is 1. The van der Waals surface area contributed by atoms with E-state index >= 15 is 0 Å². The van der Waals surface area contributed by atoms with Gasteiger partial charge in [0.1, 0.15) is 5.82 Å². The van der Waals surface area contributed by atoms with Crippen LogP contribution in [0.4, 0.5) is 0 Å². The molecule has 3 aromatic rings. The average Bonchev–Trinajstić information content (AvgIpc) is 2.59. The van der Waals surface area contributed by atoms with Crippen LogP contribution in [0.15, 0.2) is 59.4 Å². The Hall–Kier alpha value is -2.46. The largest absolute Gasteiger partial charge is 0.377 e. The lowest BCUT2D eigenvalue weighted by Gasteiger charge is -2.12. The lowest BCUT2D eigenvalue weighted by Crippen LogP contribution is -2.14. The molecule has 0 radical (unpaired) electrons. The molecule has 0 fully saturated rings. The number of aromatic amines is 1. The molecule has 118 valence electrons. The molecule has 23 heavy (non-hydrogen) atoms. The molecule has 0 spiro atoms. The summed E-state index contributed by atoms with van der Waals surface area (Å²) in [5, 5.41) is 0.628. The molecule has 1 aromatic heterocycles. The first-order chi connectivity index (χ1) is 11.2. The van der Waals surface area contributed by atoms with Gasteiger partial charge in [-0.3, -0.25) is 4.79 Å². The maximum absolute atomic E-state index is 12.1. The van der Waals surface area contributed by atoms with Gasteiger partial charge >= 0.3 is 0 Å². The highest BCUT2D eigenvalue weighted by Gasteiger charge is 2.10. The lowest BCUT2D eigenvalue weighted by molar-refractivity contribution is 0.114. The predicted octanol–water partition coefficient (Wildman–Crippen LogP) is 3.63. The third kappa shape index (κ3) is 3.85. The summed E-state index contributed by atoms with van der Waals surface area (Å²) in [6.07, 6.45) is 0.814. The van der Waals surface area contributed by atoms with Crippen LogP contribution >= 0.6 is 0 Å². The predicted molar refractivity (Wildman–Crippen MR) is 91.5 cm³/mol. The van der Waals surface area contributed by atoms with Crippen LogP contribution in [0.2, 0.25) is 0 Å². The van der Waals surface area contributed by atoms with E-state index in [2.05, 4.69) is 16.9 Å². The van der Waals surface area contributed by atoms with Gasteiger partial charge in [0.05, 0.1) is 17.5 Å². The summed E-state index contributed by atoms with van der Waals surface area (Å²) >= 11 is 0. The fourth-order valence-corrected chi connectivity index (χ4v) is 2.50. The van der Waals surface area contributed by atoms with Crippen LogP contribution in [0, 0.1) is 0 Å². The van der Waals surface area contributed by atoms with Crippen LogP contribution in [-0.4, -0.2) is 16.6 Å². The van der Waals surface area contributed by atoms with Crippen molar-refractivity contribution in [1.82, 2.24) is 9.97 Å². The van der Waals surface area contributed by atoms with Crippen LogP contribution in [0.25, 0.3) is 10.9 Å². The van der Waals surface area contributed by atoms with E-state index in [1.807, 2.05) is 48.5 Å². The van der Waals surface area contributed by atoms with Crippen molar-refractivity contribution in [3.05, 3.63) is 76.3 Å². The van der Waals surface area contributed by atoms with Crippen LogP contribution in [0.3, 0.4) is 0 Å². The Balaban J connectivity index is 1.60. The zero-order chi connectivity index (χ0) is 16.1. The van der Waals surface area contributed by atoms with Gasteiger partial charge in [-0.2, -0.15) is 0 Å². The number of rotatable bonds is 6. The molecule has 4 heteroatoms. The summed E-state index contributed by atoms with van der Waals surface area (Å²) in [5.74, 6) is 0.861. The fraction of sp³-hybridized carbons (Fsp3) is 0.263. The minimum atomic E-state index is -0.0809. The number of fused-ring (bicyclic) bond motifs is 1. The molecule has 0 saturated carbocycles. The Morgan fingerprint density at radius 2 is 1.83 bits per heavy atom. The Morgan fingerprint density at radius 1 is 1.09 bits per heavy atom. The minimum absolute atomic E-state index is 0.0809. The molecular weight excluding hydrogens is 288 g/mol. The van der Waals surface area contributed by atoms with Crippen LogP contribution in [0.5, 0.6) is 0 Å². The van der Waals surface area contributed by atoms with Gasteiger partial charge in [-0.1, -0.05) is 49.4 Å². The van der Waals surface area contributed by atoms with Gasteiger partial charge in [0.15, 0.2) is 0 Å². The molecule has 1 atom stereocenters. The molecule has 2 aromatic carbocycles. The maximum atomic E-state index is 12.1. The summed E-state index contributed by atoms with van der Waals surface area (Å²) in [6, 6.07) is 17.5. The van der Waals surface area contributed by atoms with E-state index in [1.54, 1.807) is 6.07 Å². The number of nitrogens with zero attached hydrogens (tertiary/aromatic N) is 1. The fourth-order valence-electron chi connectivity index (χ4n) is 2.50. The summed E-state index contributed by atoms with van der Waals surface area (Å²) in [4.78, 5) is 19.5. The van der Waals surface area contributed by atoms with Crippen LogP contribution in [0.1, 0.15) is 30.7 Å². The molecule has 0 amide bonds. The highest BCUT2D eigenvalue weighted by Crippen LogP contribution is 2.16. The Bertz CT molecular complexity index is 827. The molecule has 0 bridgehead atoms. The third-order valence-corrected chi connectivity index (χ3v) is 3.90. The third-order valence-electron chi connectivity index (χ3n) is 3.90. The number of para-hydroxylation sites is 1. The molecule has 0 aliphatic rings. The van der Waals surface area contributed by atoms with Crippen molar-refractivity contribution in [3.63, 3.8) is 0 Å². The van der Waals surface area contributed by atoms with E-state index in [-0.39, 0.29) is 11.5 Å². The molecule has 4 nitrogen and oxygen atoms in total. The number of H-pyrrole nitrogens is 1. The zero-order valence-corrected chi connectivity index (χ0v) is 13.2. The zero-order valence-electron chi connectivity index (χ0n) is 13.2. The van der Waals surface area contributed by atoms with Gasteiger partial charge in [-0.05, 0) is 24.1 Å². The van der Waals surface area contributed by atoms with Crippen molar-refractivity contribution in [3.8, 4) is 0 Å². The van der Waals surface area contributed by atoms with E-state index in [4.69, 9.17) is 4.74 Å². The number of hydrogen-bond acceptors (Lipinski definition) is 3. The highest BCUT2D eigenvalue weighted by atomic mass is 16.5. The molecule has 0 aliphatic carbocycles. The summed E-state index contributed by atoms with van der Waals surface area (Å²) in [7, 11) is 0. The van der Waals surface area contributed by atoms with E-state index in [0.717, 1.165) is 23.3 Å². The van der Waals surface area contributed by atoms with Crippen molar-refractivity contribution >= 4 is 10.9 Å². The number of ether oxygens (including phenoxy) is 1. The molecule has 0 aliphatic heterocycles. The van der Waals surface area contributed by atoms with Crippen molar-refractivity contribution < 1.29 is 4.74 Å². The molecule has 0 saturated heterocycles. The van der Waals surface area contributed by atoms with Gasteiger partial charge in [-0.25, -0.2) is 4.98 Å². The summed E-state index contributed by atoms with van der Waals surface area (Å²) < 4.78 is 5.71. The smallest absolute Gasteiger partial charge is 0.258 e. The second-order valence-corrected chi connectivity index (χ2v) is 5.70. The SMILES string of the molecule is CC(CCOCc1ccccc1)c1nc2ccccc2c(=O)[nH]1. The first-order valence-corrected chi connectivity index (χ1v) is 7.84. The number of aromatic nitrogens is 2. The van der Waals surface area contributed by atoms with Gasteiger partial charge in [0.25, 0.3) is 5.56 Å². The summed E-state index contributed by atoms with van der Waals surface area (Å²) in [6.45, 7) is 3.29. The molecule has 1 unspecified atom stereocenters. The summed E-state index contributed by atoms with van der Waals surface area (Å²) in [5.41, 5.74) is 1.82. The second kappa shape index (κ2) is 7.20. The molecule has 3 rings (SSSR count). The number of hydrogen-bond donors (Lipinski definition) is 1. The minimum Gasteiger partial charge on any atom is -0.377 e. The number of benzene rings is 2. The first-order valence-electron chi connectivity index (χ1n) is 7.84. The lowest BCUT2D eigenvalue weighted by atomic mass is 10.1. The highest BCUT2D eigenvalue weighted by molar-refractivity contribution is 5.77. The topological polar surface area (TPSA) is 55.0 Å². The van der Waals surface area contributed by atoms with Gasteiger partial charge in [-0.15, -0.1) is 0 Å². The van der Waals surface area contributed by atoms with Gasteiger partial charge in [0, 0.05) is 12.5 Å². The van der Waals surface area contributed by atoms with Crippen molar-refractivity contribution in [1.29, 1.82) is 0 Å². The normalized spacial score (nSPS) is 12.4. The van der Waals surface area contributed by atoms with Crippen LogP contribution in [-0.2, 0) is 11.3 Å². The molecule has 1 heterocycles. The van der Waals surface area contributed by atoms with Crippen molar-refractivity contribution in [2.75, 3.05) is 6.61 Å². The monoisotopic (exact) mass is 308 g/mol. The molecule has 1 N–H and O–H groups in total. The quantitative estimate of drug-likeness (QED) is 0.707. The van der Waals surface area contributed by atoms with Gasteiger partial charge in [0.2, 0.25) is 0 Å². The van der Waals surface area contributed by atoms with E-state index in [0.29, 0.717) is 18.6 Å². The van der Waals surface area contributed by atoms with Crippen molar-refractivity contribution in [2.45, 2.75) is 25.9 Å². The van der Waals surface area contributed by atoms with Crippen molar-refractivity contribution in [2.24, 2.45) is 0 Å². The standard InChI is InChI=1S/C19H20N2O2/c1-14(11-12-23-13-15-7-3-2-4-8-15)18-20-17-10-6-5-9-16(17)19(22)21-18/h2-10,14H,11-13H2,1H3,(H,20,21,22). The Morgan fingerprint density at radius 3 is 2.65 bits per heavy atom. The van der Waals surface area contributed by atoms with Crippen LogP contribution < -0.4 is 5.56 Å². The first kappa shape index (κ1) is 15.4. The van der Waals surface area contributed by atoms with E-state index < -0.39 is 0 Å². The molecular formula is C19H20N2O2.